The van der Waals surface area contributed by atoms with Crippen molar-refractivity contribution in [3.8, 4) is 5.88 Å². The second-order valence-electron chi connectivity index (χ2n) is 6.28. The minimum Gasteiger partial charge on any atom is -0.477 e. The number of amides is 1. The highest BCUT2D eigenvalue weighted by atomic mass is 35.5. The van der Waals surface area contributed by atoms with Gasteiger partial charge in [0.2, 0.25) is 11.8 Å². The molecule has 1 amide bonds. The van der Waals surface area contributed by atoms with Crippen molar-refractivity contribution in [3.63, 3.8) is 0 Å². The van der Waals surface area contributed by atoms with Gasteiger partial charge in [-0.3, -0.25) is 4.79 Å². The number of hydrogen-bond donors (Lipinski definition) is 1. The zero-order chi connectivity index (χ0) is 16.7. The molecule has 2 aliphatic rings. The minimum absolute atomic E-state index is 0.00364. The van der Waals surface area contributed by atoms with Crippen LogP contribution in [0.15, 0.2) is 36.5 Å². The number of nitrogens with zero attached hydrogens (tertiary/aromatic N) is 1. The molecule has 1 aromatic carbocycles. The van der Waals surface area contributed by atoms with Crippen LogP contribution in [0.5, 0.6) is 5.88 Å². The maximum Gasteiger partial charge on any atom is 0.228 e. The fourth-order valence-corrected chi connectivity index (χ4v) is 3.87. The van der Waals surface area contributed by atoms with Crippen molar-refractivity contribution in [1.82, 2.24) is 10.3 Å². The molecule has 2 aromatic rings. The van der Waals surface area contributed by atoms with E-state index in [9.17, 15) is 4.79 Å². The molecule has 1 saturated carbocycles. The average Bonchev–Trinajstić information content (AvgIpc) is 3.34. The highest BCUT2D eigenvalue weighted by Gasteiger charge is 2.48. The van der Waals surface area contributed by atoms with Gasteiger partial charge in [-0.2, -0.15) is 0 Å². The van der Waals surface area contributed by atoms with Crippen LogP contribution < -0.4 is 10.1 Å². The largest absolute Gasteiger partial charge is 0.477 e. The monoisotopic (exact) mass is 362 g/mol. The molecule has 2 heterocycles. The van der Waals surface area contributed by atoms with Crippen molar-refractivity contribution in [1.29, 1.82) is 0 Å². The Hall–Kier alpha value is -1.78. The summed E-state index contributed by atoms with van der Waals surface area (Å²) < 4.78 is 5.54. The molecule has 1 aromatic heterocycles. The maximum atomic E-state index is 12.9. The maximum absolute atomic E-state index is 12.9. The fourth-order valence-electron chi connectivity index (χ4n) is 3.28. The molecule has 0 spiro atoms. The van der Waals surface area contributed by atoms with Gasteiger partial charge in [-0.25, -0.2) is 4.98 Å². The second-order valence-corrected chi connectivity index (χ2v) is 7.13. The molecule has 1 aliphatic carbocycles. The molecular formula is C18H16Cl2N2O2. The van der Waals surface area contributed by atoms with Crippen molar-refractivity contribution in [2.24, 2.45) is 0 Å². The summed E-state index contributed by atoms with van der Waals surface area (Å²) in [4.78, 5) is 17.1. The smallest absolute Gasteiger partial charge is 0.228 e. The van der Waals surface area contributed by atoms with E-state index in [2.05, 4.69) is 10.3 Å². The lowest BCUT2D eigenvalue weighted by atomic mass is 9.93. The molecule has 4 nitrogen and oxygen atoms in total. The van der Waals surface area contributed by atoms with E-state index in [1.54, 1.807) is 12.3 Å². The normalized spacial score (nSPS) is 20.7. The Morgan fingerprint density at radius 1 is 1.29 bits per heavy atom. The van der Waals surface area contributed by atoms with Crippen LogP contribution in [0.2, 0.25) is 10.0 Å². The second kappa shape index (κ2) is 5.94. The minimum atomic E-state index is -0.376. The van der Waals surface area contributed by atoms with E-state index in [0.717, 1.165) is 24.0 Å². The number of aromatic nitrogens is 1. The molecule has 1 N–H and O–H groups in total. The predicted octanol–water partition coefficient (Wildman–Crippen LogP) is 4.06. The number of carbonyl (C=O) groups excluding carboxylic acids is 1. The summed E-state index contributed by atoms with van der Waals surface area (Å²) in [6.07, 6.45) is 4.08. The zero-order valence-electron chi connectivity index (χ0n) is 12.9. The lowest BCUT2D eigenvalue weighted by Gasteiger charge is -2.27. The zero-order valence-corrected chi connectivity index (χ0v) is 14.4. The van der Waals surface area contributed by atoms with Gasteiger partial charge in [0.1, 0.15) is 0 Å². The molecular weight excluding hydrogens is 347 g/mol. The van der Waals surface area contributed by atoms with Gasteiger partial charge in [0.25, 0.3) is 0 Å². The van der Waals surface area contributed by atoms with Gasteiger partial charge in [0.15, 0.2) is 0 Å². The van der Waals surface area contributed by atoms with Crippen LogP contribution >= 0.6 is 23.2 Å². The van der Waals surface area contributed by atoms with Gasteiger partial charge in [-0.15, -0.1) is 0 Å². The summed E-state index contributed by atoms with van der Waals surface area (Å²) in [5.74, 6) is 0.306. The van der Waals surface area contributed by atoms with Gasteiger partial charge >= 0.3 is 0 Å². The first-order valence-corrected chi connectivity index (χ1v) is 8.70. The highest BCUT2D eigenvalue weighted by Crippen LogP contribution is 2.49. The third-order valence-corrected chi connectivity index (χ3v) is 5.24. The molecule has 1 unspecified atom stereocenters. The van der Waals surface area contributed by atoms with Crippen LogP contribution in [0.1, 0.15) is 36.3 Å². The molecule has 1 atom stereocenters. The molecule has 124 valence electrons. The predicted molar refractivity (Wildman–Crippen MR) is 92.6 cm³/mol. The highest BCUT2D eigenvalue weighted by molar-refractivity contribution is 6.35. The van der Waals surface area contributed by atoms with Crippen LogP contribution in [-0.2, 0) is 10.3 Å². The number of rotatable bonds is 3. The van der Waals surface area contributed by atoms with Crippen LogP contribution in [0.4, 0.5) is 0 Å². The van der Waals surface area contributed by atoms with Gasteiger partial charge < -0.3 is 10.1 Å². The lowest BCUT2D eigenvalue weighted by Crippen LogP contribution is -2.39. The first kappa shape index (κ1) is 15.7. The van der Waals surface area contributed by atoms with Crippen molar-refractivity contribution < 1.29 is 9.53 Å². The van der Waals surface area contributed by atoms with E-state index in [1.165, 1.54) is 0 Å². The van der Waals surface area contributed by atoms with Crippen LogP contribution in [-0.4, -0.2) is 17.5 Å². The van der Waals surface area contributed by atoms with Crippen LogP contribution in [0.3, 0.4) is 0 Å². The van der Waals surface area contributed by atoms with E-state index >= 15 is 0 Å². The third-order valence-electron chi connectivity index (χ3n) is 4.70. The summed E-state index contributed by atoms with van der Waals surface area (Å²) in [6.45, 7) is 0.497. The Kier molecular flexibility index (Phi) is 3.89. The Bertz CT molecular complexity index is 805. The fraction of sp³-hybridized carbons (Fsp3) is 0.333. The Morgan fingerprint density at radius 2 is 2.12 bits per heavy atom. The SMILES string of the molecule is O=C(NC1(c2ccc(Cl)cc2Cl)CC1)C1CCOc2ncccc21. The summed E-state index contributed by atoms with van der Waals surface area (Å²) in [5, 5.41) is 4.39. The number of fused-ring (bicyclic) bond motifs is 1. The van der Waals surface area contributed by atoms with E-state index < -0.39 is 0 Å². The summed E-state index contributed by atoms with van der Waals surface area (Å²) in [7, 11) is 0. The number of pyridine rings is 1. The van der Waals surface area contributed by atoms with Crippen molar-refractivity contribution in [2.75, 3.05) is 6.61 Å². The van der Waals surface area contributed by atoms with E-state index in [0.29, 0.717) is 29.0 Å². The van der Waals surface area contributed by atoms with Gasteiger partial charge in [-0.1, -0.05) is 35.3 Å². The number of hydrogen-bond acceptors (Lipinski definition) is 3. The van der Waals surface area contributed by atoms with E-state index in [-0.39, 0.29) is 17.4 Å². The number of carbonyl (C=O) groups is 1. The van der Waals surface area contributed by atoms with E-state index in [4.69, 9.17) is 27.9 Å². The number of halogens is 2. The van der Waals surface area contributed by atoms with Crippen LogP contribution in [0, 0.1) is 0 Å². The molecule has 1 fully saturated rings. The Labute approximate surface area is 150 Å². The first-order valence-electron chi connectivity index (χ1n) is 7.94. The quantitative estimate of drug-likeness (QED) is 0.895. The van der Waals surface area contributed by atoms with Crippen molar-refractivity contribution in [2.45, 2.75) is 30.7 Å². The Balaban J connectivity index is 1.59. The third kappa shape index (κ3) is 2.74. The molecule has 0 saturated heterocycles. The Morgan fingerprint density at radius 3 is 2.88 bits per heavy atom. The summed E-state index contributed by atoms with van der Waals surface area (Å²) >= 11 is 12.3. The molecule has 24 heavy (non-hydrogen) atoms. The van der Waals surface area contributed by atoms with Gasteiger partial charge in [0, 0.05) is 21.8 Å². The summed E-state index contributed by atoms with van der Waals surface area (Å²) in [6, 6.07) is 9.16. The van der Waals surface area contributed by atoms with Crippen molar-refractivity contribution >= 4 is 29.1 Å². The topological polar surface area (TPSA) is 51.2 Å². The molecule has 4 rings (SSSR count). The molecule has 6 heteroatoms. The van der Waals surface area contributed by atoms with Gasteiger partial charge in [0.05, 0.1) is 18.1 Å². The lowest BCUT2D eigenvalue weighted by molar-refractivity contribution is -0.124. The van der Waals surface area contributed by atoms with Crippen molar-refractivity contribution in [3.05, 3.63) is 57.7 Å². The number of nitrogens with one attached hydrogen (secondary N) is 1. The molecule has 1 aliphatic heterocycles. The molecule has 0 radical (unpaired) electrons. The van der Waals surface area contributed by atoms with Crippen LogP contribution in [0.25, 0.3) is 0 Å². The number of ether oxygens (including phenoxy) is 1. The average molecular weight is 363 g/mol. The van der Waals surface area contributed by atoms with E-state index in [1.807, 2.05) is 24.3 Å². The number of benzene rings is 1. The van der Waals surface area contributed by atoms with Gasteiger partial charge in [-0.05, 0) is 43.0 Å². The summed E-state index contributed by atoms with van der Waals surface area (Å²) in [5.41, 5.74) is 1.40. The first-order chi connectivity index (χ1) is 11.6. The molecule has 0 bridgehead atoms. The standard InChI is InChI=1S/C18H16Cl2N2O2/c19-11-3-4-14(15(20)10-11)18(6-7-18)22-16(23)12-5-9-24-17-13(12)2-1-8-21-17/h1-4,8,10,12H,5-7,9H2,(H,22,23).